The van der Waals surface area contributed by atoms with Gasteiger partial charge in [-0.25, -0.2) is 0 Å². The van der Waals surface area contributed by atoms with E-state index in [9.17, 15) is 0 Å². The normalized spacial score (nSPS) is 10.1. The second-order valence-corrected chi connectivity index (χ2v) is 7.13. The minimum atomic E-state index is -0.296. The molecule has 0 fully saturated rings. The molecule has 2 aromatic rings. The summed E-state index contributed by atoms with van der Waals surface area (Å²) < 4.78 is 1.50. The highest BCUT2D eigenvalue weighted by molar-refractivity contribution is 9.23. The van der Waals surface area contributed by atoms with Gasteiger partial charge < -0.3 is 0 Å². The molecule has 0 aliphatic carbocycles. The summed E-state index contributed by atoms with van der Waals surface area (Å²) in [6.45, 7) is 2.21. The molecular weight excluding hydrogens is 308 g/mol. The van der Waals surface area contributed by atoms with E-state index in [-0.39, 0.29) is 18.2 Å². The lowest BCUT2D eigenvalue weighted by Crippen LogP contribution is -2.14. The minimum Gasteiger partial charge on any atom is -0.296 e. The maximum atomic E-state index is 5.90. The van der Waals surface area contributed by atoms with Crippen molar-refractivity contribution in [3.63, 3.8) is 0 Å². The first-order valence-electron chi connectivity index (χ1n) is 5.68. The molecule has 84 valence electrons. The molecule has 0 saturated carbocycles. The van der Waals surface area contributed by atoms with Crippen LogP contribution in [0.4, 0.5) is 0 Å². The second-order valence-electron chi connectivity index (χ2n) is 3.98. The molecule has 3 heteroatoms. The molecule has 0 atom stereocenters. The topological polar surface area (TPSA) is 0 Å². The van der Waals surface area contributed by atoms with E-state index in [1.807, 2.05) is 12.1 Å². The Hall–Kier alpha value is -0.0238. The Morgan fingerprint density at radius 3 is 2.29 bits per heavy atom. The van der Waals surface area contributed by atoms with Crippen LogP contribution in [0.15, 0.2) is 42.5 Å². The van der Waals surface area contributed by atoms with Crippen molar-refractivity contribution in [1.29, 1.82) is 0 Å². The maximum Gasteiger partial charge on any atom is 0.507 e. The maximum absolute atomic E-state index is 5.90. The van der Waals surface area contributed by atoms with Crippen LogP contribution < -0.4 is 3.69 Å². The fourth-order valence-corrected chi connectivity index (χ4v) is 4.45. The number of hydrogen-bond donors (Lipinski definition) is 0. The quantitative estimate of drug-likeness (QED) is 0.743. The van der Waals surface area contributed by atoms with Gasteiger partial charge in [-0.2, -0.15) is 0 Å². The zero-order chi connectivity index (χ0) is 12.3. The molecule has 0 bridgehead atoms. The summed E-state index contributed by atoms with van der Waals surface area (Å²) in [5.41, 5.74) is 3.97. The van der Waals surface area contributed by atoms with Crippen molar-refractivity contribution in [2.45, 2.75) is 13.3 Å². The lowest BCUT2D eigenvalue weighted by atomic mass is 10.0. The highest BCUT2D eigenvalue weighted by Gasteiger charge is 2.05. The van der Waals surface area contributed by atoms with Crippen LogP contribution in [0.2, 0.25) is 5.02 Å². The van der Waals surface area contributed by atoms with E-state index < -0.39 is 0 Å². The summed E-state index contributed by atoms with van der Waals surface area (Å²) in [5.74, 6) is 0. The van der Waals surface area contributed by atoms with Crippen LogP contribution in [0, 0.1) is 0 Å². The highest BCUT2D eigenvalue weighted by Crippen LogP contribution is 2.21. The molecule has 0 spiro atoms. The van der Waals surface area contributed by atoms with Crippen LogP contribution in [-0.2, 0) is 6.42 Å². The third-order valence-corrected chi connectivity index (χ3v) is 5.92. The standard InChI is InChI=1S/C14H12Cl.BrH.Mg/c1-2-11-3-5-12(6-4-11)13-7-9-14(15)10-8-13;;/h3,5-10H,2H2,1H3;1H;/q;;+1/p-1. The van der Waals surface area contributed by atoms with E-state index in [1.54, 1.807) is 0 Å². The summed E-state index contributed by atoms with van der Waals surface area (Å²) in [5, 5.41) is 0.786. The molecule has 0 aliphatic rings. The molecule has 0 heterocycles. The molecule has 2 aromatic carbocycles. The van der Waals surface area contributed by atoms with Crippen molar-refractivity contribution in [2.24, 2.45) is 0 Å². The van der Waals surface area contributed by atoms with E-state index >= 15 is 0 Å². The average molecular weight is 320 g/mol. The van der Waals surface area contributed by atoms with Crippen molar-refractivity contribution in [3.05, 3.63) is 53.1 Å². The molecule has 0 aromatic heterocycles. The van der Waals surface area contributed by atoms with Gasteiger partial charge in [-0.15, -0.1) is 3.69 Å². The van der Waals surface area contributed by atoms with Gasteiger partial charge in [-0.1, -0.05) is 54.4 Å². The van der Waals surface area contributed by atoms with Crippen LogP contribution in [0.1, 0.15) is 12.5 Å². The highest BCUT2D eigenvalue weighted by atomic mass is 79.9. The predicted octanol–water partition coefficient (Wildman–Crippen LogP) is 4.21. The number of halogens is 2. The molecule has 0 radical (unpaired) electrons. The first kappa shape index (κ1) is 13.4. The van der Waals surface area contributed by atoms with Crippen LogP contribution in [0.5, 0.6) is 0 Å². The van der Waals surface area contributed by atoms with E-state index in [4.69, 9.17) is 11.6 Å². The van der Waals surface area contributed by atoms with Gasteiger partial charge in [0, 0.05) is 5.02 Å². The summed E-state index contributed by atoms with van der Waals surface area (Å²) >= 11 is 9.29. The summed E-state index contributed by atoms with van der Waals surface area (Å²) in [7, 11) is 0. The van der Waals surface area contributed by atoms with Crippen LogP contribution >= 0.6 is 24.5 Å². The van der Waals surface area contributed by atoms with Crippen LogP contribution in [-0.4, -0.2) is 18.2 Å². The van der Waals surface area contributed by atoms with E-state index in [0.717, 1.165) is 11.4 Å². The molecule has 0 aliphatic heterocycles. The number of rotatable bonds is 3. The van der Waals surface area contributed by atoms with E-state index in [2.05, 4.69) is 50.1 Å². The van der Waals surface area contributed by atoms with Crippen molar-refractivity contribution < 1.29 is 0 Å². The van der Waals surface area contributed by atoms with Crippen molar-refractivity contribution >= 4 is 46.4 Å². The van der Waals surface area contributed by atoms with Gasteiger partial charge in [0.1, 0.15) is 0 Å². The fourth-order valence-electron chi connectivity index (χ4n) is 1.92. The first-order chi connectivity index (χ1) is 8.24. The van der Waals surface area contributed by atoms with Crippen molar-refractivity contribution in [2.75, 3.05) is 0 Å². The Bertz CT molecular complexity index is 508. The van der Waals surface area contributed by atoms with Crippen LogP contribution in [0.3, 0.4) is 0 Å². The van der Waals surface area contributed by atoms with Crippen LogP contribution in [0.25, 0.3) is 11.1 Å². The third-order valence-electron chi connectivity index (χ3n) is 2.91. The number of benzene rings is 2. The minimum absolute atomic E-state index is 0.296. The van der Waals surface area contributed by atoms with Crippen molar-refractivity contribution in [3.8, 4) is 11.1 Å². The second kappa shape index (κ2) is 6.23. The van der Waals surface area contributed by atoms with E-state index in [1.165, 1.54) is 20.4 Å². The molecule has 2 rings (SSSR count). The molecule has 17 heavy (non-hydrogen) atoms. The summed E-state index contributed by atoms with van der Waals surface area (Å²) in [6.07, 6.45) is 1.11. The molecule has 0 N–H and O–H groups in total. The fraction of sp³-hybridized carbons (Fsp3) is 0.143. The smallest absolute Gasteiger partial charge is 0.296 e. The Labute approximate surface area is 123 Å². The molecule has 0 unspecified atom stereocenters. The number of aryl methyl sites for hydroxylation is 1. The van der Waals surface area contributed by atoms with Crippen molar-refractivity contribution in [1.82, 2.24) is 0 Å². The first-order valence-corrected chi connectivity index (χ1v) is 10.7. The zero-order valence-corrected chi connectivity index (χ0v) is 13.5. The van der Waals surface area contributed by atoms with Gasteiger partial charge in [0.2, 0.25) is 0 Å². The Balaban J connectivity index is 2.42. The van der Waals surface area contributed by atoms with E-state index in [0.29, 0.717) is 0 Å². The Kier molecular flexibility index (Phi) is 4.92. The van der Waals surface area contributed by atoms with Gasteiger partial charge in [0.25, 0.3) is 0 Å². The van der Waals surface area contributed by atoms with Gasteiger partial charge in [-0.3, -0.25) is 12.9 Å². The predicted molar refractivity (Wildman–Crippen MR) is 80.6 cm³/mol. The SMILES string of the molecule is CCc1ccc(-c2ccc(Cl)cc2)c[c]1[Mg][Br]. The molecular formula is C14H12BrClMg. The number of hydrogen-bond acceptors (Lipinski definition) is 0. The summed E-state index contributed by atoms with van der Waals surface area (Å²) in [4.78, 5) is 0. The Morgan fingerprint density at radius 1 is 1.06 bits per heavy atom. The van der Waals surface area contributed by atoms with Gasteiger partial charge in [0.05, 0.1) is 0 Å². The third kappa shape index (κ3) is 3.25. The molecule has 0 amide bonds. The Morgan fingerprint density at radius 2 is 1.71 bits per heavy atom. The monoisotopic (exact) mass is 318 g/mol. The van der Waals surface area contributed by atoms with Gasteiger partial charge in [-0.05, 0) is 29.7 Å². The molecule has 0 nitrogen and oxygen atoms in total. The average Bonchev–Trinajstić information content (AvgIpc) is 2.39. The summed E-state index contributed by atoms with van der Waals surface area (Å²) in [6, 6.07) is 14.8. The lowest BCUT2D eigenvalue weighted by Gasteiger charge is -2.09. The van der Waals surface area contributed by atoms with Gasteiger partial charge in [0.15, 0.2) is 0 Å². The lowest BCUT2D eigenvalue weighted by molar-refractivity contribution is 1.15. The van der Waals surface area contributed by atoms with Gasteiger partial charge >= 0.3 is 18.2 Å². The zero-order valence-electron chi connectivity index (χ0n) is 9.71. The molecule has 0 saturated heterocycles. The largest absolute Gasteiger partial charge is 0.507 e.